The fourth-order valence-electron chi connectivity index (χ4n) is 4.08. The number of alkyl carbamates (subject to hydrolysis) is 1. The number of sulfone groups is 1. The summed E-state index contributed by atoms with van der Waals surface area (Å²) in [6.45, 7) is 3.79. The second-order valence-corrected chi connectivity index (χ2v) is 10.5. The minimum Gasteiger partial charge on any atom is -0.446 e. The number of carbonyl (C=O) groups is 1. The molecule has 30 heavy (non-hydrogen) atoms. The Labute approximate surface area is 175 Å². The molecule has 1 aliphatic carbocycles. The SMILES string of the molecule is CC(C)NC(=O)O[C@@H]1CC[C@H](c2cc(Nc3cncc4c3CS(=O)(=O)CC4)n[nH]2)C1. The van der Waals surface area contributed by atoms with Crippen molar-refractivity contribution in [2.45, 2.75) is 63.3 Å². The third-order valence-electron chi connectivity index (χ3n) is 5.56. The number of aryl methyl sites for hydroxylation is 1. The van der Waals surface area contributed by atoms with E-state index in [1.807, 2.05) is 19.9 Å². The molecule has 0 bridgehead atoms. The summed E-state index contributed by atoms with van der Waals surface area (Å²) < 4.78 is 29.6. The van der Waals surface area contributed by atoms with Crippen molar-refractivity contribution in [1.82, 2.24) is 20.5 Å². The van der Waals surface area contributed by atoms with Crippen LogP contribution in [0.2, 0.25) is 0 Å². The average Bonchev–Trinajstić information content (AvgIpc) is 3.30. The normalized spacial score (nSPS) is 22.5. The molecule has 1 fully saturated rings. The number of nitrogens with one attached hydrogen (secondary N) is 3. The number of ether oxygens (including phenoxy) is 1. The van der Waals surface area contributed by atoms with E-state index in [1.54, 1.807) is 12.4 Å². The first-order valence-corrected chi connectivity index (χ1v) is 12.1. The highest BCUT2D eigenvalue weighted by atomic mass is 32.2. The number of aromatic nitrogens is 3. The second-order valence-electron chi connectivity index (χ2n) is 8.34. The highest BCUT2D eigenvalue weighted by Gasteiger charge is 2.30. The van der Waals surface area contributed by atoms with Crippen LogP contribution in [0.15, 0.2) is 18.5 Å². The number of rotatable bonds is 5. The summed E-state index contributed by atoms with van der Waals surface area (Å²) in [7, 11) is -3.09. The quantitative estimate of drug-likeness (QED) is 0.662. The zero-order chi connectivity index (χ0) is 21.3. The molecule has 0 aromatic carbocycles. The van der Waals surface area contributed by atoms with Crippen molar-refractivity contribution < 1.29 is 17.9 Å². The molecule has 2 atom stereocenters. The van der Waals surface area contributed by atoms with Crippen LogP contribution in [0.1, 0.15) is 55.8 Å². The molecule has 3 heterocycles. The summed E-state index contributed by atoms with van der Waals surface area (Å²) in [6, 6.07) is 1.97. The number of nitrogens with zero attached hydrogens (tertiary/aromatic N) is 2. The van der Waals surface area contributed by atoms with Crippen molar-refractivity contribution in [3.05, 3.63) is 35.3 Å². The number of aromatic amines is 1. The number of pyridine rings is 1. The Bertz CT molecular complexity index is 1030. The number of fused-ring (bicyclic) bond motifs is 1. The lowest BCUT2D eigenvalue weighted by molar-refractivity contribution is 0.0981. The van der Waals surface area contributed by atoms with Crippen molar-refractivity contribution in [2.75, 3.05) is 11.1 Å². The molecule has 1 aliphatic heterocycles. The third kappa shape index (κ3) is 4.75. The molecule has 2 aromatic rings. The fraction of sp³-hybridized carbons (Fsp3) is 0.550. The Kier molecular flexibility index (Phi) is 5.68. The Hall–Kier alpha value is -2.62. The standard InChI is InChI=1S/C20H27N5O4S/c1-12(2)22-20(26)29-15-4-3-13(7-15)17-8-19(25-24-17)23-18-10-21-9-14-5-6-30(27,28)11-16(14)18/h8-10,12-13,15H,3-7,11H2,1-2H3,(H,22,26)(H2,23,24,25)/t13-,15+/m0/s1. The molecule has 4 rings (SSSR count). The van der Waals surface area contributed by atoms with E-state index >= 15 is 0 Å². The van der Waals surface area contributed by atoms with Gasteiger partial charge in [0.15, 0.2) is 15.7 Å². The molecule has 0 saturated heterocycles. The maximum atomic E-state index is 12.1. The Balaban J connectivity index is 1.41. The van der Waals surface area contributed by atoms with Crippen LogP contribution in [0.5, 0.6) is 0 Å². The highest BCUT2D eigenvalue weighted by Crippen LogP contribution is 2.36. The van der Waals surface area contributed by atoms with Gasteiger partial charge < -0.3 is 15.4 Å². The minimum atomic E-state index is -3.09. The summed E-state index contributed by atoms with van der Waals surface area (Å²) in [4.78, 5) is 16.0. The molecule has 10 heteroatoms. The van der Waals surface area contributed by atoms with E-state index < -0.39 is 9.84 Å². The van der Waals surface area contributed by atoms with Gasteiger partial charge in [0.25, 0.3) is 0 Å². The van der Waals surface area contributed by atoms with Crippen LogP contribution in [-0.4, -0.2) is 47.6 Å². The molecule has 1 saturated carbocycles. The monoisotopic (exact) mass is 433 g/mol. The summed E-state index contributed by atoms with van der Waals surface area (Å²) in [5.41, 5.74) is 3.37. The first kappa shape index (κ1) is 20.6. The maximum absolute atomic E-state index is 12.1. The number of H-pyrrole nitrogens is 1. The maximum Gasteiger partial charge on any atom is 0.407 e. The smallest absolute Gasteiger partial charge is 0.407 e. The fourth-order valence-corrected chi connectivity index (χ4v) is 5.54. The van der Waals surface area contributed by atoms with Gasteiger partial charge in [0.2, 0.25) is 0 Å². The van der Waals surface area contributed by atoms with Gasteiger partial charge in [-0.05, 0) is 50.7 Å². The number of hydrogen-bond acceptors (Lipinski definition) is 7. The summed E-state index contributed by atoms with van der Waals surface area (Å²) >= 11 is 0. The first-order valence-electron chi connectivity index (χ1n) is 10.2. The van der Waals surface area contributed by atoms with Crippen LogP contribution in [-0.2, 0) is 26.7 Å². The second kappa shape index (κ2) is 8.25. The number of hydrogen-bond donors (Lipinski definition) is 3. The van der Waals surface area contributed by atoms with Gasteiger partial charge in [0.05, 0.1) is 23.4 Å². The van der Waals surface area contributed by atoms with Crippen molar-refractivity contribution >= 4 is 27.4 Å². The van der Waals surface area contributed by atoms with E-state index in [1.165, 1.54) is 0 Å². The topological polar surface area (TPSA) is 126 Å². The van der Waals surface area contributed by atoms with Gasteiger partial charge in [0.1, 0.15) is 6.10 Å². The molecule has 9 nitrogen and oxygen atoms in total. The summed E-state index contributed by atoms with van der Waals surface area (Å²) in [5.74, 6) is 1.03. The van der Waals surface area contributed by atoms with Crippen LogP contribution in [0.25, 0.3) is 0 Å². The highest BCUT2D eigenvalue weighted by molar-refractivity contribution is 7.90. The van der Waals surface area contributed by atoms with E-state index in [-0.39, 0.29) is 35.7 Å². The molecule has 0 spiro atoms. The van der Waals surface area contributed by atoms with E-state index in [4.69, 9.17) is 4.74 Å². The van der Waals surface area contributed by atoms with Gasteiger partial charge in [-0.2, -0.15) is 5.10 Å². The minimum absolute atomic E-state index is 0.0184. The molecule has 0 unspecified atom stereocenters. The zero-order valence-electron chi connectivity index (χ0n) is 17.1. The molecular weight excluding hydrogens is 406 g/mol. The molecule has 2 aromatic heterocycles. The van der Waals surface area contributed by atoms with Crippen molar-refractivity contribution in [2.24, 2.45) is 0 Å². The predicted molar refractivity (Wildman–Crippen MR) is 112 cm³/mol. The van der Waals surface area contributed by atoms with Crippen LogP contribution >= 0.6 is 0 Å². The van der Waals surface area contributed by atoms with Crippen LogP contribution in [0.4, 0.5) is 16.3 Å². The van der Waals surface area contributed by atoms with Crippen LogP contribution < -0.4 is 10.6 Å². The van der Waals surface area contributed by atoms with Gasteiger partial charge in [-0.1, -0.05) is 0 Å². The van der Waals surface area contributed by atoms with Gasteiger partial charge in [-0.15, -0.1) is 0 Å². The molecular formula is C20H27N5O4S. The number of amides is 1. The lowest BCUT2D eigenvalue weighted by Gasteiger charge is -2.19. The van der Waals surface area contributed by atoms with E-state index in [9.17, 15) is 13.2 Å². The first-order chi connectivity index (χ1) is 14.3. The Morgan fingerprint density at radius 2 is 2.13 bits per heavy atom. The summed E-state index contributed by atoms with van der Waals surface area (Å²) in [5, 5.41) is 13.4. The molecule has 1 amide bonds. The number of anilines is 2. The van der Waals surface area contributed by atoms with Crippen molar-refractivity contribution in [3.63, 3.8) is 0 Å². The van der Waals surface area contributed by atoms with Gasteiger partial charge >= 0.3 is 6.09 Å². The van der Waals surface area contributed by atoms with Gasteiger partial charge in [-0.25, -0.2) is 13.2 Å². The van der Waals surface area contributed by atoms with Crippen LogP contribution in [0, 0.1) is 0 Å². The molecule has 162 valence electrons. The average molecular weight is 434 g/mol. The molecule has 3 N–H and O–H groups in total. The molecule has 2 aliphatic rings. The molecule has 0 radical (unpaired) electrons. The van der Waals surface area contributed by atoms with Crippen molar-refractivity contribution in [3.8, 4) is 0 Å². The lowest BCUT2D eigenvalue weighted by Crippen LogP contribution is -2.33. The van der Waals surface area contributed by atoms with E-state index in [0.717, 1.165) is 36.1 Å². The Morgan fingerprint density at radius 3 is 2.93 bits per heavy atom. The predicted octanol–water partition coefficient (Wildman–Crippen LogP) is 2.79. The van der Waals surface area contributed by atoms with E-state index in [0.29, 0.717) is 17.9 Å². The van der Waals surface area contributed by atoms with Crippen molar-refractivity contribution in [1.29, 1.82) is 0 Å². The number of carbonyl (C=O) groups excluding carboxylic acids is 1. The lowest BCUT2D eigenvalue weighted by atomic mass is 10.0. The van der Waals surface area contributed by atoms with Gasteiger partial charge in [-0.3, -0.25) is 10.1 Å². The van der Waals surface area contributed by atoms with Crippen LogP contribution in [0.3, 0.4) is 0 Å². The van der Waals surface area contributed by atoms with Gasteiger partial charge in [0, 0.05) is 29.9 Å². The van der Waals surface area contributed by atoms with E-state index in [2.05, 4.69) is 25.8 Å². The zero-order valence-corrected chi connectivity index (χ0v) is 18.0. The third-order valence-corrected chi connectivity index (χ3v) is 7.11. The Morgan fingerprint density at radius 1 is 1.30 bits per heavy atom. The summed E-state index contributed by atoms with van der Waals surface area (Å²) in [6.07, 6.45) is 5.84. The largest absolute Gasteiger partial charge is 0.446 e.